The Labute approximate surface area is 151 Å². The first-order valence-corrected chi connectivity index (χ1v) is 9.27. The van der Waals surface area contributed by atoms with Gasteiger partial charge in [-0.1, -0.05) is 60.2 Å². The standard InChI is InChI=1S/C22H28N2O/c1-17-8-10-20(11-9-17)18(2)24(21-12-14-23-15-13-21)22(25)16-19-6-4-3-5-7-19/h3-11,18,21,23H,12-16H2,1-2H3. The molecule has 1 heterocycles. The van der Waals surface area contributed by atoms with Gasteiger partial charge in [-0.25, -0.2) is 0 Å². The molecule has 1 aliphatic rings. The molecule has 2 aromatic carbocycles. The maximum atomic E-state index is 13.2. The van der Waals surface area contributed by atoms with Crippen molar-refractivity contribution >= 4 is 5.91 Å². The van der Waals surface area contributed by atoms with Crippen LogP contribution in [0.15, 0.2) is 54.6 Å². The highest BCUT2D eigenvalue weighted by atomic mass is 16.2. The van der Waals surface area contributed by atoms with E-state index < -0.39 is 0 Å². The fourth-order valence-electron chi connectivity index (χ4n) is 3.69. The van der Waals surface area contributed by atoms with E-state index in [0.717, 1.165) is 31.5 Å². The lowest BCUT2D eigenvalue weighted by Gasteiger charge is -2.39. The minimum atomic E-state index is 0.0971. The van der Waals surface area contributed by atoms with Crippen LogP contribution in [0.25, 0.3) is 0 Å². The Bertz CT molecular complexity index is 675. The van der Waals surface area contributed by atoms with Crippen molar-refractivity contribution in [2.24, 2.45) is 0 Å². The number of carbonyl (C=O) groups excluding carboxylic acids is 1. The van der Waals surface area contributed by atoms with Gasteiger partial charge >= 0.3 is 0 Å². The highest BCUT2D eigenvalue weighted by Crippen LogP contribution is 2.27. The normalized spacial score (nSPS) is 16.4. The van der Waals surface area contributed by atoms with Gasteiger partial charge in [-0.05, 0) is 50.9 Å². The minimum Gasteiger partial charge on any atom is -0.333 e. The van der Waals surface area contributed by atoms with Gasteiger partial charge in [0.25, 0.3) is 0 Å². The molecule has 3 nitrogen and oxygen atoms in total. The molecule has 1 unspecified atom stereocenters. The van der Waals surface area contributed by atoms with Crippen LogP contribution in [0.2, 0.25) is 0 Å². The molecule has 132 valence electrons. The number of hydrogen-bond acceptors (Lipinski definition) is 2. The quantitative estimate of drug-likeness (QED) is 0.899. The monoisotopic (exact) mass is 336 g/mol. The van der Waals surface area contributed by atoms with Gasteiger partial charge in [0.2, 0.25) is 5.91 Å². The molecule has 0 spiro atoms. The van der Waals surface area contributed by atoms with Gasteiger partial charge in [0, 0.05) is 6.04 Å². The van der Waals surface area contributed by atoms with Crippen LogP contribution in [-0.2, 0) is 11.2 Å². The summed E-state index contributed by atoms with van der Waals surface area (Å²) in [6.45, 7) is 6.23. The number of piperidine rings is 1. The van der Waals surface area contributed by atoms with Crippen LogP contribution in [0.4, 0.5) is 0 Å². The van der Waals surface area contributed by atoms with Crippen LogP contribution in [0, 0.1) is 6.92 Å². The number of aryl methyl sites for hydroxylation is 1. The largest absolute Gasteiger partial charge is 0.333 e. The van der Waals surface area contributed by atoms with Crippen LogP contribution in [0.1, 0.15) is 42.5 Å². The van der Waals surface area contributed by atoms with Crippen molar-refractivity contribution in [1.82, 2.24) is 10.2 Å². The number of hydrogen-bond donors (Lipinski definition) is 1. The van der Waals surface area contributed by atoms with E-state index in [0.29, 0.717) is 12.5 Å². The van der Waals surface area contributed by atoms with Gasteiger partial charge in [-0.2, -0.15) is 0 Å². The average Bonchev–Trinajstić information content (AvgIpc) is 2.64. The molecule has 0 aromatic heterocycles. The predicted molar refractivity (Wildman–Crippen MR) is 102 cm³/mol. The molecule has 0 saturated carbocycles. The van der Waals surface area contributed by atoms with Crippen molar-refractivity contribution in [2.75, 3.05) is 13.1 Å². The molecule has 2 aromatic rings. The molecule has 25 heavy (non-hydrogen) atoms. The molecule has 1 aliphatic heterocycles. The Morgan fingerprint density at radius 1 is 1.08 bits per heavy atom. The topological polar surface area (TPSA) is 32.3 Å². The van der Waals surface area contributed by atoms with Gasteiger partial charge in [0.15, 0.2) is 0 Å². The summed E-state index contributed by atoms with van der Waals surface area (Å²) in [6, 6.07) is 19.1. The zero-order valence-corrected chi connectivity index (χ0v) is 15.2. The summed E-state index contributed by atoms with van der Waals surface area (Å²) in [5.41, 5.74) is 3.55. The fourth-order valence-corrected chi connectivity index (χ4v) is 3.69. The third-order valence-electron chi connectivity index (χ3n) is 5.17. The second-order valence-corrected chi connectivity index (χ2v) is 7.03. The third kappa shape index (κ3) is 4.49. The number of benzene rings is 2. The number of nitrogens with zero attached hydrogens (tertiary/aromatic N) is 1. The van der Waals surface area contributed by atoms with E-state index in [1.54, 1.807) is 0 Å². The van der Waals surface area contributed by atoms with Gasteiger partial charge in [-0.3, -0.25) is 4.79 Å². The van der Waals surface area contributed by atoms with Crippen molar-refractivity contribution in [2.45, 2.75) is 45.2 Å². The second kappa shape index (κ2) is 8.30. The summed E-state index contributed by atoms with van der Waals surface area (Å²) in [5.74, 6) is 0.228. The van der Waals surface area contributed by atoms with Crippen LogP contribution in [0.3, 0.4) is 0 Å². The SMILES string of the molecule is Cc1ccc(C(C)N(C(=O)Cc2ccccc2)C2CCNCC2)cc1. The summed E-state index contributed by atoms with van der Waals surface area (Å²) in [6.07, 6.45) is 2.52. The molecule has 0 aliphatic carbocycles. The summed E-state index contributed by atoms with van der Waals surface area (Å²) < 4.78 is 0. The first-order valence-electron chi connectivity index (χ1n) is 9.27. The zero-order valence-electron chi connectivity index (χ0n) is 15.2. The molecule has 3 rings (SSSR count). The Kier molecular flexibility index (Phi) is 5.87. The van der Waals surface area contributed by atoms with E-state index in [1.165, 1.54) is 11.1 Å². The van der Waals surface area contributed by atoms with Crippen molar-refractivity contribution in [1.29, 1.82) is 0 Å². The van der Waals surface area contributed by atoms with E-state index in [9.17, 15) is 4.79 Å². The lowest BCUT2D eigenvalue weighted by Crippen LogP contribution is -2.47. The Hall–Kier alpha value is -2.13. The Morgan fingerprint density at radius 3 is 2.36 bits per heavy atom. The lowest BCUT2D eigenvalue weighted by molar-refractivity contribution is -0.136. The molecule has 1 amide bonds. The van der Waals surface area contributed by atoms with Gasteiger partial charge in [0.1, 0.15) is 0 Å². The van der Waals surface area contributed by atoms with Gasteiger partial charge in [0.05, 0.1) is 12.5 Å². The number of nitrogens with one attached hydrogen (secondary N) is 1. The second-order valence-electron chi connectivity index (χ2n) is 7.03. The van der Waals surface area contributed by atoms with Crippen molar-refractivity contribution in [3.05, 3.63) is 71.3 Å². The predicted octanol–water partition coefficient (Wildman–Crippen LogP) is 3.88. The number of carbonyl (C=O) groups is 1. The summed E-state index contributed by atoms with van der Waals surface area (Å²) in [4.78, 5) is 15.3. The number of rotatable bonds is 5. The third-order valence-corrected chi connectivity index (χ3v) is 5.17. The molecule has 0 radical (unpaired) electrons. The van der Waals surface area contributed by atoms with Crippen LogP contribution >= 0.6 is 0 Å². The highest BCUT2D eigenvalue weighted by Gasteiger charge is 2.30. The smallest absolute Gasteiger partial charge is 0.227 e. The van der Waals surface area contributed by atoms with Crippen molar-refractivity contribution in [3.8, 4) is 0 Å². The highest BCUT2D eigenvalue weighted by molar-refractivity contribution is 5.79. The van der Waals surface area contributed by atoms with Crippen molar-refractivity contribution < 1.29 is 4.79 Å². The van der Waals surface area contributed by atoms with Gasteiger partial charge < -0.3 is 10.2 Å². The average molecular weight is 336 g/mol. The van der Waals surface area contributed by atoms with E-state index in [4.69, 9.17) is 0 Å². The molecule has 3 heteroatoms. The molecule has 1 saturated heterocycles. The zero-order chi connectivity index (χ0) is 17.6. The maximum Gasteiger partial charge on any atom is 0.227 e. The fraction of sp³-hybridized carbons (Fsp3) is 0.409. The molecule has 0 bridgehead atoms. The Balaban J connectivity index is 1.83. The molecule has 1 atom stereocenters. The van der Waals surface area contributed by atoms with E-state index in [2.05, 4.69) is 48.3 Å². The summed E-state index contributed by atoms with van der Waals surface area (Å²) in [7, 11) is 0. The van der Waals surface area contributed by atoms with Gasteiger partial charge in [-0.15, -0.1) is 0 Å². The molecule has 1 N–H and O–H groups in total. The molecular weight excluding hydrogens is 308 g/mol. The number of amides is 1. The van der Waals surface area contributed by atoms with E-state index in [1.807, 2.05) is 30.3 Å². The van der Waals surface area contributed by atoms with Crippen LogP contribution < -0.4 is 5.32 Å². The first kappa shape index (κ1) is 17.7. The van der Waals surface area contributed by atoms with E-state index >= 15 is 0 Å². The Morgan fingerprint density at radius 2 is 1.72 bits per heavy atom. The maximum absolute atomic E-state index is 13.2. The lowest BCUT2D eigenvalue weighted by atomic mass is 9.97. The molecule has 1 fully saturated rings. The van der Waals surface area contributed by atoms with Crippen LogP contribution in [-0.4, -0.2) is 29.9 Å². The van der Waals surface area contributed by atoms with E-state index in [-0.39, 0.29) is 11.9 Å². The summed E-state index contributed by atoms with van der Waals surface area (Å²) >= 11 is 0. The summed E-state index contributed by atoms with van der Waals surface area (Å²) in [5, 5.41) is 3.41. The first-order chi connectivity index (χ1) is 12.1. The minimum absolute atomic E-state index is 0.0971. The van der Waals surface area contributed by atoms with Crippen LogP contribution in [0.5, 0.6) is 0 Å². The molecular formula is C22H28N2O. The van der Waals surface area contributed by atoms with Crippen molar-refractivity contribution in [3.63, 3.8) is 0 Å².